The van der Waals surface area contributed by atoms with E-state index < -0.39 is 0 Å². The van der Waals surface area contributed by atoms with E-state index in [0.29, 0.717) is 24.3 Å². The summed E-state index contributed by atoms with van der Waals surface area (Å²) in [5.74, 6) is 0.0840. The van der Waals surface area contributed by atoms with Gasteiger partial charge in [-0.25, -0.2) is 0 Å². The number of allylic oxidation sites excluding steroid dienone is 2. The van der Waals surface area contributed by atoms with Gasteiger partial charge in [0.2, 0.25) is 5.91 Å². The van der Waals surface area contributed by atoms with Crippen LogP contribution in [0.25, 0.3) is 0 Å². The lowest BCUT2D eigenvalue weighted by Crippen LogP contribution is -2.43. The topological polar surface area (TPSA) is 37.4 Å². The Balaban J connectivity index is 1.89. The molecule has 1 aliphatic carbocycles. The summed E-state index contributed by atoms with van der Waals surface area (Å²) in [6, 6.07) is 11.3. The van der Waals surface area contributed by atoms with Gasteiger partial charge in [-0.3, -0.25) is 14.5 Å². The Morgan fingerprint density at radius 1 is 1.12 bits per heavy atom. The van der Waals surface area contributed by atoms with E-state index in [-0.39, 0.29) is 23.0 Å². The fourth-order valence-electron chi connectivity index (χ4n) is 4.04. The molecule has 0 saturated heterocycles. The van der Waals surface area contributed by atoms with Crippen molar-refractivity contribution in [2.24, 2.45) is 5.41 Å². The van der Waals surface area contributed by atoms with E-state index in [2.05, 4.69) is 13.8 Å². The fourth-order valence-corrected chi connectivity index (χ4v) is 5.00. The number of hydrogen-bond acceptors (Lipinski definition) is 3. The highest BCUT2D eigenvalue weighted by atomic mass is 35.5. The maximum absolute atomic E-state index is 13.1. The molecule has 4 rings (SSSR count). The second-order valence-electron chi connectivity index (χ2n) is 7.78. The van der Waals surface area contributed by atoms with Gasteiger partial charge < -0.3 is 0 Å². The normalized spacial score (nSPS) is 22.6. The molecule has 134 valence electrons. The van der Waals surface area contributed by atoms with Crippen LogP contribution in [0, 0.1) is 5.41 Å². The minimum Gasteiger partial charge on any atom is -0.294 e. The summed E-state index contributed by atoms with van der Waals surface area (Å²) < 4.78 is 0. The van der Waals surface area contributed by atoms with Crippen LogP contribution in [-0.4, -0.2) is 11.7 Å². The Morgan fingerprint density at radius 3 is 2.50 bits per heavy atom. The van der Waals surface area contributed by atoms with Crippen LogP contribution in [-0.2, 0) is 9.59 Å². The maximum Gasteiger partial charge on any atom is 0.232 e. The Labute approximate surface area is 162 Å². The largest absolute Gasteiger partial charge is 0.294 e. The molecule has 5 heteroatoms. The zero-order valence-electron chi connectivity index (χ0n) is 14.8. The van der Waals surface area contributed by atoms with Crippen LogP contribution in [0.1, 0.15) is 43.9 Å². The number of ketones is 1. The highest BCUT2D eigenvalue weighted by Crippen LogP contribution is 2.48. The van der Waals surface area contributed by atoms with Gasteiger partial charge in [0.15, 0.2) is 5.78 Å². The summed E-state index contributed by atoms with van der Waals surface area (Å²) in [7, 11) is 0. The van der Waals surface area contributed by atoms with Crippen LogP contribution >= 0.6 is 22.9 Å². The number of nitrogens with zero attached hydrogens (tertiary/aromatic N) is 1. The summed E-state index contributed by atoms with van der Waals surface area (Å²) in [5, 5.41) is 2.63. The number of carbonyl (C=O) groups excluding carboxylic acids is 2. The number of carbonyl (C=O) groups is 2. The predicted octanol–water partition coefficient (Wildman–Crippen LogP) is 5.57. The molecular formula is C21H20ClNO2S. The van der Waals surface area contributed by atoms with Crippen molar-refractivity contribution in [3.05, 3.63) is 62.9 Å². The monoisotopic (exact) mass is 385 g/mol. The third kappa shape index (κ3) is 3.01. The smallest absolute Gasteiger partial charge is 0.232 e. The quantitative estimate of drug-likeness (QED) is 0.678. The first-order valence-electron chi connectivity index (χ1n) is 8.74. The van der Waals surface area contributed by atoms with Crippen LogP contribution in [0.2, 0.25) is 5.02 Å². The first-order valence-corrected chi connectivity index (χ1v) is 10.00. The van der Waals surface area contributed by atoms with E-state index in [9.17, 15) is 9.59 Å². The van der Waals surface area contributed by atoms with Crippen LogP contribution in [0.3, 0.4) is 0 Å². The van der Waals surface area contributed by atoms with E-state index in [1.807, 2.05) is 29.6 Å². The van der Waals surface area contributed by atoms with Crippen molar-refractivity contribution in [3.63, 3.8) is 0 Å². The lowest BCUT2D eigenvalue weighted by Gasteiger charge is -2.42. The molecule has 1 atom stereocenters. The van der Waals surface area contributed by atoms with Crippen LogP contribution in [0.5, 0.6) is 0 Å². The van der Waals surface area contributed by atoms with Gasteiger partial charge in [0.25, 0.3) is 0 Å². The lowest BCUT2D eigenvalue weighted by atomic mass is 9.70. The van der Waals surface area contributed by atoms with Crippen LogP contribution in [0.4, 0.5) is 5.69 Å². The molecule has 0 radical (unpaired) electrons. The zero-order valence-corrected chi connectivity index (χ0v) is 16.4. The molecule has 2 heterocycles. The molecule has 1 amide bonds. The summed E-state index contributed by atoms with van der Waals surface area (Å²) >= 11 is 7.63. The Morgan fingerprint density at radius 2 is 1.85 bits per heavy atom. The summed E-state index contributed by atoms with van der Waals surface area (Å²) in [6.07, 6.45) is 1.56. The van der Waals surface area contributed by atoms with Crippen molar-refractivity contribution in [3.8, 4) is 0 Å². The van der Waals surface area contributed by atoms with E-state index in [1.165, 1.54) is 0 Å². The molecule has 0 N–H and O–H groups in total. The van der Waals surface area contributed by atoms with Crippen LogP contribution in [0.15, 0.2) is 53.0 Å². The average molecular weight is 386 g/mol. The standard InChI is InChI=1S/C21H20ClNO2S/c1-21(2)11-16-20(17(24)12-21)15(18-4-3-9-26-18)10-19(25)23(16)14-7-5-13(22)6-8-14/h3-9,15H,10-12H2,1-2H3/t15-/m0/s1. The number of Topliss-reactive ketones (excluding diaryl/α,β-unsaturated/α-hetero) is 1. The van der Waals surface area contributed by atoms with Gasteiger partial charge in [0.1, 0.15) is 0 Å². The molecule has 1 aromatic heterocycles. The molecule has 2 aromatic rings. The molecule has 0 fully saturated rings. The number of amides is 1. The van der Waals surface area contributed by atoms with Crippen molar-refractivity contribution in [2.75, 3.05) is 4.90 Å². The predicted molar refractivity (Wildman–Crippen MR) is 106 cm³/mol. The number of benzene rings is 1. The van der Waals surface area contributed by atoms with Gasteiger partial charge in [-0.15, -0.1) is 11.3 Å². The molecule has 26 heavy (non-hydrogen) atoms. The lowest BCUT2D eigenvalue weighted by molar-refractivity contribution is -0.120. The Kier molecular flexibility index (Phi) is 4.28. The van der Waals surface area contributed by atoms with Gasteiger partial charge in [0, 0.05) is 45.6 Å². The Hall–Kier alpha value is -1.91. The number of halogens is 1. The second kappa shape index (κ2) is 6.36. The van der Waals surface area contributed by atoms with E-state index in [1.54, 1.807) is 28.4 Å². The number of hydrogen-bond donors (Lipinski definition) is 0. The summed E-state index contributed by atoms with van der Waals surface area (Å²) in [6.45, 7) is 4.18. The minimum absolute atomic E-state index is 0.0370. The highest BCUT2D eigenvalue weighted by molar-refractivity contribution is 7.10. The Bertz CT molecular complexity index is 897. The average Bonchev–Trinajstić information content (AvgIpc) is 3.08. The van der Waals surface area contributed by atoms with Gasteiger partial charge in [0.05, 0.1) is 0 Å². The summed E-state index contributed by atoms with van der Waals surface area (Å²) in [4.78, 5) is 29.0. The maximum atomic E-state index is 13.1. The fraction of sp³-hybridized carbons (Fsp3) is 0.333. The third-order valence-corrected chi connectivity index (χ3v) is 6.35. The molecule has 0 spiro atoms. The molecule has 2 aliphatic rings. The number of rotatable bonds is 2. The van der Waals surface area contributed by atoms with Crippen molar-refractivity contribution in [1.29, 1.82) is 0 Å². The van der Waals surface area contributed by atoms with Gasteiger partial charge in [-0.2, -0.15) is 0 Å². The first-order chi connectivity index (χ1) is 12.4. The van der Waals surface area contributed by atoms with Crippen molar-refractivity contribution in [1.82, 2.24) is 0 Å². The molecule has 0 bridgehead atoms. The van der Waals surface area contributed by atoms with E-state index in [4.69, 9.17) is 11.6 Å². The second-order valence-corrected chi connectivity index (χ2v) is 9.19. The van der Waals surface area contributed by atoms with Gasteiger partial charge in [-0.05, 0) is 47.5 Å². The zero-order chi connectivity index (χ0) is 18.5. The van der Waals surface area contributed by atoms with Gasteiger partial charge in [-0.1, -0.05) is 31.5 Å². The number of thiophene rings is 1. The van der Waals surface area contributed by atoms with Crippen molar-refractivity contribution in [2.45, 2.75) is 39.0 Å². The van der Waals surface area contributed by atoms with E-state index in [0.717, 1.165) is 21.8 Å². The molecule has 0 unspecified atom stereocenters. The first kappa shape index (κ1) is 17.5. The summed E-state index contributed by atoms with van der Waals surface area (Å²) in [5.41, 5.74) is 2.31. The van der Waals surface area contributed by atoms with E-state index >= 15 is 0 Å². The molecule has 3 nitrogen and oxygen atoms in total. The third-order valence-electron chi connectivity index (χ3n) is 5.11. The molecular weight excluding hydrogens is 366 g/mol. The van der Waals surface area contributed by atoms with Crippen LogP contribution < -0.4 is 4.90 Å². The molecule has 0 saturated carbocycles. The minimum atomic E-state index is -0.155. The number of anilines is 1. The van der Waals surface area contributed by atoms with Crippen molar-refractivity contribution >= 4 is 40.3 Å². The molecule has 1 aromatic carbocycles. The van der Waals surface area contributed by atoms with Crippen molar-refractivity contribution < 1.29 is 9.59 Å². The van der Waals surface area contributed by atoms with Gasteiger partial charge >= 0.3 is 0 Å². The highest BCUT2D eigenvalue weighted by Gasteiger charge is 2.44. The SMILES string of the molecule is CC1(C)CC(=O)C2=C(C1)N(c1ccc(Cl)cc1)C(=O)C[C@H]2c1cccs1. The molecule has 1 aliphatic heterocycles.